The van der Waals surface area contributed by atoms with Gasteiger partial charge in [-0.25, -0.2) is 4.98 Å². The first-order valence-corrected chi connectivity index (χ1v) is 6.57. The number of aromatic nitrogens is 1. The molecule has 1 aromatic carbocycles. The van der Waals surface area contributed by atoms with Gasteiger partial charge >= 0.3 is 0 Å². The maximum Gasteiger partial charge on any atom is 0.279 e. The zero-order chi connectivity index (χ0) is 13.7. The van der Waals surface area contributed by atoms with Crippen molar-refractivity contribution < 1.29 is 14.7 Å². The molecule has 0 bridgehead atoms. The quantitative estimate of drug-likeness (QED) is 0.516. The zero-order valence-corrected chi connectivity index (χ0v) is 11.4. The molecular weight excluding hydrogens is 264 g/mol. The molecule has 0 aliphatic rings. The van der Waals surface area contributed by atoms with Crippen molar-refractivity contribution in [3.63, 3.8) is 0 Å². The van der Waals surface area contributed by atoms with E-state index >= 15 is 0 Å². The molecule has 0 spiro atoms. The number of benzene rings is 1. The van der Waals surface area contributed by atoms with Crippen molar-refractivity contribution in [2.24, 2.45) is 5.16 Å². The molecule has 19 heavy (non-hydrogen) atoms. The average molecular weight is 278 g/mol. The molecule has 0 aliphatic heterocycles. The van der Waals surface area contributed by atoms with Crippen LogP contribution in [0.25, 0.3) is 0 Å². The van der Waals surface area contributed by atoms with E-state index in [0.717, 1.165) is 10.6 Å². The van der Waals surface area contributed by atoms with Gasteiger partial charge < -0.3 is 14.7 Å². The van der Waals surface area contributed by atoms with E-state index in [1.807, 2.05) is 38.1 Å². The Kier molecular flexibility index (Phi) is 4.35. The lowest BCUT2D eigenvalue weighted by Crippen LogP contribution is -2.05. The van der Waals surface area contributed by atoms with Crippen LogP contribution in [0, 0.1) is 0 Å². The third-order valence-corrected chi connectivity index (χ3v) is 2.90. The van der Waals surface area contributed by atoms with Crippen LogP contribution in [0.3, 0.4) is 0 Å². The van der Waals surface area contributed by atoms with Crippen molar-refractivity contribution in [1.29, 1.82) is 0 Å². The molecule has 0 saturated carbocycles. The first kappa shape index (κ1) is 13.4. The zero-order valence-electron chi connectivity index (χ0n) is 10.6. The monoisotopic (exact) mass is 278 g/mol. The van der Waals surface area contributed by atoms with Gasteiger partial charge in [-0.2, -0.15) is 0 Å². The molecule has 5 nitrogen and oxygen atoms in total. The summed E-state index contributed by atoms with van der Waals surface area (Å²) in [4.78, 5) is 4.78. The van der Waals surface area contributed by atoms with Crippen LogP contribution in [-0.2, 0) is 0 Å². The summed E-state index contributed by atoms with van der Waals surface area (Å²) >= 11 is 1.29. The van der Waals surface area contributed by atoms with E-state index < -0.39 is 0 Å². The summed E-state index contributed by atoms with van der Waals surface area (Å²) in [5, 5.41) is 11.8. The predicted molar refractivity (Wildman–Crippen MR) is 73.8 cm³/mol. The van der Waals surface area contributed by atoms with Crippen molar-refractivity contribution in [3.05, 3.63) is 35.3 Å². The largest absolute Gasteiger partial charge is 0.491 e. The van der Waals surface area contributed by atoms with Crippen LogP contribution in [0.2, 0.25) is 0 Å². The minimum absolute atomic E-state index is 0.144. The molecule has 0 saturated heterocycles. The number of thiazole rings is 1. The molecule has 2 aromatic rings. The lowest BCUT2D eigenvalue weighted by molar-refractivity contribution is 0.242. The maximum atomic E-state index is 8.41. The molecule has 0 fully saturated rings. The Bertz CT molecular complexity index is 549. The number of hydrogen-bond acceptors (Lipinski definition) is 6. The van der Waals surface area contributed by atoms with Gasteiger partial charge in [-0.15, -0.1) is 0 Å². The highest BCUT2D eigenvalue weighted by atomic mass is 32.1. The van der Waals surface area contributed by atoms with E-state index in [0.29, 0.717) is 10.9 Å². The number of hydrogen-bond donors (Lipinski definition) is 1. The summed E-state index contributed by atoms with van der Waals surface area (Å²) in [5.41, 5.74) is 0. The number of nitrogens with zero attached hydrogens (tertiary/aromatic N) is 2. The minimum atomic E-state index is 0.144. The summed E-state index contributed by atoms with van der Waals surface area (Å²) in [6, 6.07) is 7.33. The van der Waals surface area contributed by atoms with Crippen LogP contribution in [0.15, 0.2) is 35.6 Å². The third kappa shape index (κ3) is 3.96. The van der Waals surface area contributed by atoms with Gasteiger partial charge in [0.25, 0.3) is 5.19 Å². The van der Waals surface area contributed by atoms with Crippen LogP contribution < -0.4 is 9.47 Å². The minimum Gasteiger partial charge on any atom is -0.491 e. The predicted octanol–water partition coefficient (Wildman–Crippen LogP) is 3.53. The first-order chi connectivity index (χ1) is 9.17. The van der Waals surface area contributed by atoms with Crippen LogP contribution >= 0.6 is 11.3 Å². The highest BCUT2D eigenvalue weighted by Gasteiger charge is 2.04. The van der Waals surface area contributed by atoms with E-state index in [2.05, 4.69) is 10.1 Å². The van der Waals surface area contributed by atoms with E-state index in [1.165, 1.54) is 17.6 Å². The molecule has 0 amide bonds. The molecule has 0 atom stereocenters. The molecule has 0 radical (unpaired) electrons. The normalized spacial score (nSPS) is 11.1. The number of rotatable bonds is 5. The van der Waals surface area contributed by atoms with Gasteiger partial charge in [-0.3, -0.25) is 0 Å². The Morgan fingerprint density at radius 1 is 1.26 bits per heavy atom. The summed E-state index contributed by atoms with van der Waals surface area (Å²) in [5.74, 6) is 1.48. The molecule has 6 heteroatoms. The number of ether oxygens (including phenoxy) is 2. The van der Waals surface area contributed by atoms with Gasteiger partial charge in [0, 0.05) is 0 Å². The van der Waals surface area contributed by atoms with Crippen molar-refractivity contribution in [3.8, 4) is 16.7 Å². The molecule has 2 rings (SSSR count). The van der Waals surface area contributed by atoms with Gasteiger partial charge in [-0.05, 0) is 38.1 Å². The highest BCUT2D eigenvalue weighted by Crippen LogP contribution is 2.27. The lowest BCUT2D eigenvalue weighted by Gasteiger charge is -2.09. The molecule has 1 heterocycles. The first-order valence-electron chi connectivity index (χ1n) is 5.75. The summed E-state index contributed by atoms with van der Waals surface area (Å²) < 4.78 is 11.1. The van der Waals surface area contributed by atoms with Gasteiger partial charge in [0.05, 0.1) is 23.4 Å². The van der Waals surface area contributed by atoms with E-state index in [9.17, 15) is 0 Å². The molecule has 0 aliphatic carbocycles. The van der Waals surface area contributed by atoms with Crippen LogP contribution in [0.5, 0.6) is 16.7 Å². The molecular formula is C13H14N2O3S. The summed E-state index contributed by atoms with van der Waals surface area (Å²) in [6.07, 6.45) is 3.03. The summed E-state index contributed by atoms with van der Waals surface area (Å²) in [6.45, 7) is 3.95. The average Bonchev–Trinajstić information content (AvgIpc) is 2.79. The van der Waals surface area contributed by atoms with Gasteiger partial charge in [0.15, 0.2) is 0 Å². The van der Waals surface area contributed by atoms with Crippen molar-refractivity contribution >= 4 is 17.6 Å². The third-order valence-electron chi connectivity index (χ3n) is 2.09. The van der Waals surface area contributed by atoms with E-state index in [1.54, 1.807) is 6.20 Å². The Hall–Kier alpha value is -2.08. The second-order valence-electron chi connectivity index (χ2n) is 4.01. The Morgan fingerprint density at radius 2 is 1.95 bits per heavy atom. The molecule has 1 aromatic heterocycles. The molecule has 1 N–H and O–H groups in total. The SMILES string of the molecule is CC(C)Oc1ccc(Oc2ncc(C=NO)s2)cc1. The fraction of sp³-hybridized carbons (Fsp3) is 0.231. The van der Waals surface area contributed by atoms with Crippen LogP contribution in [0.1, 0.15) is 18.7 Å². The highest BCUT2D eigenvalue weighted by molar-refractivity contribution is 7.15. The second-order valence-corrected chi connectivity index (χ2v) is 5.04. The smallest absolute Gasteiger partial charge is 0.279 e. The van der Waals surface area contributed by atoms with Crippen molar-refractivity contribution in [2.75, 3.05) is 0 Å². The van der Waals surface area contributed by atoms with Gasteiger partial charge in [0.2, 0.25) is 0 Å². The van der Waals surface area contributed by atoms with Crippen LogP contribution in [-0.4, -0.2) is 22.5 Å². The standard InChI is InChI=1S/C13H14N2O3S/c1-9(2)17-10-3-5-11(6-4-10)18-13-14-7-12(19-13)8-15-16/h3-9,16H,1-2H3. The summed E-state index contributed by atoms with van der Waals surface area (Å²) in [7, 11) is 0. The molecule has 100 valence electrons. The van der Waals surface area contributed by atoms with Crippen molar-refractivity contribution in [2.45, 2.75) is 20.0 Å². The van der Waals surface area contributed by atoms with E-state index in [-0.39, 0.29) is 6.10 Å². The fourth-order valence-corrected chi connectivity index (χ4v) is 2.04. The second kappa shape index (κ2) is 6.19. The lowest BCUT2D eigenvalue weighted by atomic mass is 10.3. The molecule has 0 unspecified atom stereocenters. The van der Waals surface area contributed by atoms with Crippen LogP contribution in [0.4, 0.5) is 0 Å². The topological polar surface area (TPSA) is 63.9 Å². The Balaban J connectivity index is 2.02. The fourth-order valence-electron chi connectivity index (χ4n) is 1.39. The Morgan fingerprint density at radius 3 is 2.58 bits per heavy atom. The van der Waals surface area contributed by atoms with Gasteiger partial charge in [-0.1, -0.05) is 16.5 Å². The number of oxime groups is 1. The van der Waals surface area contributed by atoms with Gasteiger partial charge in [0.1, 0.15) is 11.5 Å². The Labute approximate surface area is 115 Å². The van der Waals surface area contributed by atoms with Crippen molar-refractivity contribution in [1.82, 2.24) is 4.98 Å². The maximum absolute atomic E-state index is 8.41. The van der Waals surface area contributed by atoms with E-state index in [4.69, 9.17) is 14.7 Å².